The van der Waals surface area contributed by atoms with Gasteiger partial charge in [-0.05, 0) is 47.2 Å². The Morgan fingerprint density at radius 2 is 1.88 bits per heavy atom. The van der Waals surface area contributed by atoms with E-state index in [2.05, 4.69) is 33.0 Å². The van der Waals surface area contributed by atoms with Crippen molar-refractivity contribution in [3.8, 4) is 18.0 Å². The van der Waals surface area contributed by atoms with E-state index in [4.69, 9.17) is 4.74 Å². The fourth-order valence-corrected chi connectivity index (χ4v) is 4.55. The first kappa shape index (κ1) is 27.5. The number of nitrogens with one attached hydrogen (secondary N) is 3. The van der Waals surface area contributed by atoms with Crippen molar-refractivity contribution >= 4 is 34.2 Å². The third-order valence-electron chi connectivity index (χ3n) is 7.16. The largest absolute Gasteiger partial charge is 0.468 e. The van der Waals surface area contributed by atoms with Crippen molar-refractivity contribution < 1.29 is 19.1 Å². The highest BCUT2D eigenvalue weighted by Crippen LogP contribution is 2.27. The monoisotopic (exact) mass is 552 g/mol. The molecule has 3 aromatic rings. The average molecular weight is 553 g/mol. The van der Waals surface area contributed by atoms with Crippen molar-refractivity contribution in [1.29, 1.82) is 0 Å². The summed E-state index contributed by atoms with van der Waals surface area (Å²) in [7, 11) is 3.26. The first-order valence-electron chi connectivity index (χ1n) is 13.5. The fourth-order valence-electron chi connectivity index (χ4n) is 4.55. The maximum Gasteiger partial charge on any atom is 0.272 e. The molecule has 1 aliphatic heterocycles. The van der Waals surface area contributed by atoms with Crippen LogP contribution in [-0.4, -0.2) is 59.8 Å². The van der Waals surface area contributed by atoms with Crippen molar-refractivity contribution in [1.82, 2.24) is 25.4 Å². The second-order valence-electron chi connectivity index (χ2n) is 10.2. The molecule has 5 rings (SSSR count). The van der Waals surface area contributed by atoms with Gasteiger partial charge in [-0.25, -0.2) is 4.98 Å². The highest BCUT2D eigenvalue weighted by atomic mass is 16.5. The second-order valence-corrected chi connectivity index (χ2v) is 10.2. The number of anilines is 1. The number of hydrogen-bond acceptors (Lipinski definition) is 7. The molecule has 2 heterocycles. The molecule has 10 heteroatoms. The van der Waals surface area contributed by atoms with Gasteiger partial charge in [0, 0.05) is 56.8 Å². The number of likely N-dealkylation sites (N-methyl/N-ethyl adjacent to an activating group) is 1. The molecule has 0 atom stereocenters. The number of carbonyl (C=O) groups is 3. The van der Waals surface area contributed by atoms with Gasteiger partial charge in [-0.15, -0.1) is 0 Å². The van der Waals surface area contributed by atoms with Gasteiger partial charge in [0.05, 0.1) is 12.2 Å². The van der Waals surface area contributed by atoms with Gasteiger partial charge in [-0.3, -0.25) is 14.4 Å². The maximum absolute atomic E-state index is 13.6. The Hall–Kier alpha value is -5.04. The molecule has 0 saturated heterocycles. The van der Waals surface area contributed by atoms with Crippen LogP contribution in [0.2, 0.25) is 0 Å². The molecule has 3 amide bonds. The van der Waals surface area contributed by atoms with Crippen LogP contribution < -0.4 is 20.7 Å². The Kier molecular flexibility index (Phi) is 8.34. The Labute approximate surface area is 238 Å². The first-order valence-corrected chi connectivity index (χ1v) is 13.5. The van der Waals surface area contributed by atoms with Crippen LogP contribution in [-0.2, 0) is 11.3 Å². The molecule has 1 aromatic heterocycles. The van der Waals surface area contributed by atoms with Crippen molar-refractivity contribution in [3.05, 3.63) is 77.8 Å². The molecule has 3 N–H and O–H groups in total. The Bertz CT molecular complexity index is 1570. The lowest BCUT2D eigenvalue weighted by molar-refractivity contribution is -0.130. The summed E-state index contributed by atoms with van der Waals surface area (Å²) in [5.74, 6) is -0.466. The SMILES string of the molecule is CN(C)C(=O)COc1ccc(NC(=O)c2ccc(CN3C#CNC=C3)c3ccccc23)c(C(=O)NCC2CCC2)n1. The third kappa shape index (κ3) is 6.58. The maximum atomic E-state index is 13.6. The Balaban J connectivity index is 1.40. The van der Waals surface area contributed by atoms with Crippen LogP contribution in [0.25, 0.3) is 10.8 Å². The van der Waals surface area contributed by atoms with E-state index in [1.807, 2.05) is 41.4 Å². The first-order chi connectivity index (χ1) is 19.9. The lowest BCUT2D eigenvalue weighted by atomic mass is 9.85. The molecule has 0 radical (unpaired) electrons. The van der Waals surface area contributed by atoms with E-state index in [0.29, 0.717) is 24.6 Å². The molecular formula is C31H32N6O4. The number of rotatable bonds is 10. The van der Waals surface area contributed by atoms with Gasteiger partial charge < -0.3 is 30.5 Å². The van der Waals surface area contributed by atoms with Crippen LogP contribution in [0.5, 0.6) is 5.88 Å². The van der Waals surface area contributed by atoms with Gasteiger partial charge in [0.1, 0.15) is 0 Å². The number of amides is 3. The zero-order valence-electron chi connectivity index (χ0n) is 23.1. The van der Waals surface area contributed by atoms with E-state index in [0.717, 1.165) is 35.6 Å². The number of carbonyl (C=O) groups excluding carboxylic acids is 3. The number of ether oxygens (including phenoxy) is 1. The summed E-state index contributed by atoms with van der Waals surface area (Å²) in [5, 5.41) is 10.4. The summed E-state index contributed by atoms with van der Waals surface area (Å²) < 4.78 is 5.54. The van der Waals surface area contributed by atoms with E-state index in [-0.39, 0.29) is 35.7 Å². The van der Waals surface area contributed by atoms with E-state index < -0.39 is 5.91 Å². The summed E-state index contributed by atoms with van der Waals surface area (Å²) in [6.07, 6.45) is 6.95. The number of nitrogens with zero attached hydrogens (tertiary/aromatic N) is 3. The topological polar surface area (TPSA) is 116 Å². The molecule has 41 heavy (non-hydrogen) atoms. The van der Waals surface area contributed by atoms with Crippen molar-refractivity contribution in [2.75, 3.05) is 32.6 Å². The lowest BCUT2D eigenvalue weighted by Gasteiger charge is -2.25. The minimum Gasteiger partial charge on any atom is -0.468 e. The minimum atomic E-state index is -0.415. The summed E-state index contributed by atoms with van der Waals surface area (Å²) >= 11 is 0. The summed E-state index contributed by atoms with van der Waals surface area (Å²) in [5.41, 5.74) is 1.76. The number of benzene rings is 2. The molecule has 10 nitrogen and oxygen atoms in total. The van der Waals surface area contributed by atoms with Gasteiger partial charge in [-0.2, -0.15) is 0 Å². The molecule has 0 bridgehead atoms. The zero-order valence-corrected chi connectivity index (χ0v) is 23.1. The van der Waals surface area contributed by atoms with E-state index in [1.165, 1.54) is 11.0 Å². The molecule has 2 aliphatic rings. The number of pyridine rings is 1. The quantitative estimate of drug-likeness (QED) is 0.331. The van der Waals surface area contributed by atoms with Crippen LogP contribution in [0.4, 0.5) is 5.69 Å². The van der Waals surface area contributed by atoms with Gasteiger partial charge in [-0.1, -0.05) is 36.8 Å². The van der Waals surface area contributed by atoms with Crippen LogP contribution in [0, 0.1) is 18.0 Å². The predicted octanol–water partition coefficient (Wildman–Crippen LogP) is 3.28. The van der Waals surface area contributed by atoms with Gasteiger partial charge in [0.25, 0.3) is 17.7 Å². The van der Waals surface area contributed by atoms with Gasteiger partial charge in [0.15, 0.2) is 12.3 Å². The van der Waals surface area contributed by atoms with Crippen molar-refractivity contribution in [2.45, 2.75) is 25.8 Å². The summed E-state index contributed by atoms with van der Waals surface area (Å²) in [6.45, 7) is 0.875. The van der Waals surface area contributed by atoms with Gasteiger partial charge >= 0.3 is 0 Å². The minimum absolute atomic E-state index is 0.0254. The van der Waals surface area contributed by atoms with Crippen LogP contribution >= 0.6 is 0 Å². The number of fused-ring (bicyclic) bond motifs is 1. The van der Waals surface area contributed by atoms with Crippen LogP contribution in [0.1, 0.15) is 45.7 Å². The molecule has 0 unspecified atom stereocenters. The molecule has 1 saturated carbocycles. The van der Waals surface area contributed by atoms with E-state index in [1.54, 1.807) is 32.4 Å². The summed E-state index contributed by atoms with van der Waals surface area (Å²) in [6, 6.07) is 20.3. The average Bonchev–Trinajstić information content (AvgIpc) is 2.96. The molecule has 210 valence electrons. The van der Waals surface area contributed by atoms with E-state index >= 15 is 0 Å². The van der Waals surface area contributed by atoms with Crippen LogP contribution in [0.15, 0.2) is 60.9 Å². The highest BCUT2D eigenvalue weighted by molar-refractivity contribution is 6.15. The van der Waals surface area contributed by atoms with E-state index in [9.17, 15) is 14.4 Å². The van der Waals surface area contributed by atoms with Crippen molar-refractivity contribution in [2.24, 2.45) is 5.92 Å². The summed E-state index contributed by atoms with van der Waals surface area (Å²) in [4.78, 5) is 46.4. The van der Waals surface area contributed by atoms with Crippen LogP contribution in [0.3, 0.4) is 0 Å². The number of aromatic nitrogens is 1. The fraction of sp³-hybridized carbons (Fsp3) is 0.290. The second kappa shape index (κ2) is 12.4. The Morgan fingerprint density at radius 1 is 1.07 bits per heavy atom. The molecule has 1 fully saturated rings. The Morgan fingerprint density at radius 3 is 2.59 bits per heavy atom. The molecule has 1 aliphatic carbocycles. The molecule has 2 aromatic carbocycles. The standard InChI is InChI=1S/C31H32N6O4/c1-36(2)28(38)20-41-27-13-12-26(29(35-27)31(40)33-18-21-6-5-7-21)34-30(39)25-11-10-22(19-37-16-14-32-15-17-37)23-8-3-4-9-24(23)25/h3-4,8-14,16,21,32H,5-7,18-20H2,1-2H3,(H,33,40)(H,34,39). The normalized spacial score (nSPS) is 13.9. The molecule has 0 spiro atoms. The third-order valence-corrected chi connectivity index (χ3v) is 7.16. The molecular weight excluding hydrogens is 520 g/mol. The lowest BCUT2D eigenvalue weighted by Crippen LogP contribution is -2.33. The highest BCUT2D eigenvalue weighted by Gasteiger charge is 2.22. The van der Waals surface area contributed by atoms with Crippen molar-refractivity contribution in [3.63, 3.8) is 0 Å². The van der Waals surface area contributed by atoms with Gasteiger partial charge in [0.2, 0.25) is 5.88 Å². The zero-order chi connectivity index (χ0) is 28.8. The smallest absolute Gasteiger partial charge is 0.272 e. The number of hydrogen-bond donors (Lipinski definition) is 3. The predicted molar refractivity (Wildman–Crippen MR) is 156 cm³/mol.